The summed E-state index contributed by atoms with van der Waals surface area (Å²) in [5.74, 6) is 0.739. The van der Waals surface area contributed by atoms with E-state index in [2.05, 4.69) is 14.9 Å². The normalized spacial score (nSPS) is 20.4. The first-order valence-electron chi connectivity index (χ1n) is 9.62. The largest absolute Gasteiger partial charge is 0.373 e. The fourth-order valence-electron chi connectivity index (χ4n) is 3.96. The predicted octanol–water partition coefficient (Wildman–Crippen LogP) is 1.73. The Morgan fingerprint density at radius 3 is 2.45 bits per heavy atom. The van der Waals surface area contributed by atoms with Crippen LogP contribution < -0.4 is 11.2 Å². The molecule has 0 unspecified atom stereocenters. The van der Waals surface area contributed by atoms with E-state index in [9.17, 15) is 9.59 Å². The maximum atomic E-state index is 12.6. The molecule has 4 rings (SSSR count). The van der Waals surface area contributed by atoms with E-state index in [1.165, 1.54) is 4.57 Å². The topological polar surface area (TPSA) is 85.2 Å². The van der Waals surface area contributed by atoms with Crippen molar-refractivity contribution in [3.8, 4) is 0 Å². The molecule has 1 aliphatic rings. The van der Waals surface area contributed by atoms with Gasteiger partial charge in [-0.3, -0.25) is 19.2 Å². The van der Waals surface area contributed by atoms with Gasteiger partial charge in [0, 0.05) is 31.7 Å². The highest BCUT2D eigenvalue weighted by molar-refractivity contribution is 6.30. The average Bonchev–Trinajstić information content (AvgIpc) is 2.99. The third-order valence-corrected chi connectivity index (χ3v) is 5.45. The molecule has 1 aliphatic heterocycles. The monoisotopic (exact) mass is 417 g/mol. The number of ether oxygens (including phenoxy) is 1. The van der Waals surface area contributed by atoms with Gasteiger partial charge in [0.15, 0.2) is 11.2 Å². The molecule has 3 aromatic rings. The van der Waals surface area contributed by atoms with Crippen LogP contribution in [0.15, 0.2) is 33.9 Å². The van der Waals surface area contributed by atoms with Crippen LogP contribution in [0.1, 0.15) is 25.2 Å². The zero-order valence-electron chi connectivity index (χ0n) is 16.7. The number of rotatable bonds is 4. The van der Waals surface area contributed by atoms with Gasteiger partial charge < -0.3 is 9.30 Å². The van der Waals surface area contributed by atoms with Crippen molar-refractivity contribution in [1.82, 2.24) is 24.0 Å². The highest BCUT2D eigenvalue weighted by atomic mass is 35.5. The number of imidazole rings is 1. The molecule has 0 radical (unpaired) electrons. The van der Waals surface area contributed by atoms with Gasteiger partial charge in [0.05, 0.1) is 18.8 Å². The number of aromatic nitrogens is 4. The number of H-pyrrole nitrogens is 1. The zero-order valence-corrected chi connectivity index (χ0v) is 17.4. The number of hydrogen-bond donors (Lipinski definition) is 1. The number of nitrogens with zero attached hydrogens (tertiary/aromatic N) is 4. The first kappa shape index (κ1) is 19.9. The van der Waals surface area contributed by atoms with Crippen LogP contribution in [0, 0.1) is 0 Å². The van der Waals surface area contributed by atoms with Crippen molar-refractivity contribution in [1.29, 1.82) is 0 Å². The molecular weight excluding hydrogens is 394 g/mol. The molecule has 0 aliphatic carbocycles. The van der Waals surface area contributed by atoms with Crippen molar-refractivity contribution in [3.63, 3.8) is 0 Å². The van der Waals surface area contributed by atoms with Gasteiger partial charge in [0.1, 0.15) is 5.82 Å². The number of benzene rings is 1. The summed E-state index contributed by atoms with van der Waals surface area (Å²) in [5, 5.41) is 0.654. The number of halogens is 1. The minimum absolute atomic E-state index is 0.126. The molecule has 0 saturated carbocycles. The predicted molar refractivity (Wildman–Crippen MR) is 111 cm³/mol. The lowest BCUT2D eigenvalue weighted by molar-refractivity contribution is -0.0712. The van der Waals surface area contributed by atoms with Gasteiger partial charge in [0.2, 0.25) is 0 Å². The van der Waals surface area contributed by atoms with E-state index in [1.54, 1.807) is 7.05 Å². The first-order chi connectivity index (χ1) is 13.8. The quantitative estimate of drug-likeness (QED) is 0.698. The van der Waals surface area contributed by atoms with Gasteiger partial charge in [-0.2, -0.15) is 0 Å². The van der Waals surface area contributed by atoms with Gasteiger partial charge in [-0.15, -0.1) is 0 Å². The van der Waals surface area contributed by atoms with Gasteiger partial charge in [-0.05, 0) is 31.5 Å². The highest BCUT2D eigenvalue weighted by Gasteiger charge is 2.25. The minimum atomic E-state index is -0.473. The van der Waals surface area contributed by atoms with Crippen molar-refractivity contribution in [2.75, 3.05) is 13.1 Å². The molecule has 1 N–H and O–H groups in total. The number of morpholine rings is 1. The van der Waals surface area contributed by atoms with Crippen molar-refractivity contribution in [2.45, 2.75) is 39.1 Å². The number of fused-ring (bicyclic) bond motifs is 1. The SMILES string of the molecule is C[C@H]1CN(Cc2nc3c(c(=O)[nH]c(=O)n3C)n2Cc2ccc(Cl)cc2)C[C@H](C)O1. The van der Waals surface area contributed by atoms with E-state index in [0.29, 0.717) is 29.3 Å². The van der Waals surface area contributed by atoms with E-state index in [-0.39, 0.29) is 12.2 Å². The third-order valence-electron chi connectivity index (χ3n) is 5.20. The van der Waals surface area contributed by atoms with E-state index >= 15 is 0 Å². The second-order valence-electron chi connectivity index (χ2n) is 7.68. The Morgan fingerprint density at radius 1 is 1.14 bits per heavy atom. The third kappa shape index (κ3) is 4.01. The Kier molecular flexibility index (Phi) is 5.33. The molecule has 2 atom stereocenters. The second kappa shape index (κ2) is 7.78. The molecule has 0 amide bonds. The van der Waals surface area contributed by atoms with Crippen LogP contribution in [0.25, 0.3) is 11.2 Å². The molecule has 0 spiro atoms. The van der Waals surface area contributed by atoms with E-state index in [1.807, 2.05) is 42.7 Å². The standard InChI is InChI=1S/C20H24ClN5O3/c1-12-8-25(9-13(2)29-12)11-16-22-18-17(19(27)23-20(28)24(18)3)26(16)10-14-4-6-15(21)7-5-14/h4-7,12-13H,8-11H2,1-3H3,(H,23,27,28)/t12-,13-/m0/s1. The molecule has 3 heterocycles. The minimum Gasteiger partial charge on any atom is -0.373 e. The van der Waals surface area contributed by atoms with E-state index < -0.39 is 11.2 Å². The average molecular weight is 418 g/mol. The van der Waals surface area contributed by atoms with Gasteiger partial charge in [0.25, 0.3) is 5.56 Å². The first-order valence-corrected chi connectivity index (χ1v) is 10.0. The molecule has 8 nitrogen and oxygen atoms in total. The lowest BCUT2D eigenvalue weighted by Gasteiger charge is -2.35. The summed E-state index contributed by atoms with van der Waals surface area (Å²) in [6.45, 7) is 6.68. The van der Waals surface area contributed by atoms with Gasteiger partial charge >= 0.3 is 5.69 Å². The van der Waals surface area contributed by atoms with Crippen LogP contribution in [0.3, 0.4) is 0 Å². The number of aryl methyl sites for hydroxylation is 1. The maximum Gasteiger partial charge on any atom is 0.329 e. The lowest BCUT2D eigenvalue weighted by Crippen LogP contribution is -2.45. The Hall–Kier alpha value is -2.42. The van der Waals surface area contributed by atoms with Crippen LogP contribution >= 0.6 is 11.6 Å². The smallest absolute Gasteiger partial charge is 0.329 e. The maximum absolute atomic E-state index is 12.6. The Labute approximate surface area is 172 Å². The molecule has 2 aromatic heterocycles. The van der Waals surface area contributed by atoms with E-state index in [4.69, 9.17) is 16.3 Å². The zero-order chi connectivity index (χ0) is 20.7. The second-order valence-corrected chi connectivity index (χ2v) is 8.12. The van der Waals surface area contributed by atoms with Gasteiger partial charge in [-0.1, -0.05) is 23.7 Å². The molecule has 1 saturated heterocycles. The van der Waals surface area contributed by atoms with Crippen LogP contribution in [-0.2, 0) is 24.9 Å². The van der Waals surface area contributed by atoms with Crippen molar-refractivity contribution in [2.24, 2.45) is 7.05 Å². The fourth-order valence-corrected chi connectivity index (χ4v) is 4.08. The molecule has 29 heavy (non-hydrogen) atoms. The molecule has 1 fully saturated rings. The Morgan fingerprint density at radius 2 is 1.79 bits per heavy atom. The number of hydrogen-bond acceptors (Lipinski definition) is 5. The van der Waals surface area contributed by atoms with Crippen molar-refractivity contribution in [3.05, 3.63) is 61.5 Å². The van der Waals surface area contributed by atoms with Gasteiger partial charge in [-0.25, -0.2) is 9.78 Å². The van der Waals surface area contributed by atoms with Crippen LogP contribution in [0.5, 0.6) is 0 Å². The summed E-state index contributed by atoms with van der Waals surface area (Å²) in [6.07, 6.45) is 0.251. The lowest BCUT2D eigenvalue weighted by atomic mass is 10.2. The summed E-state index contributed by atoms with van der Waals surface area (Å²) < 4.78 is 9.09. The molecular formula is C20H24ClN5O3. The molecule has 154 valence electrons. The summed E-state index contributed by atoms with van der Waals surface area (Å²) in [5.41, 5.74) is 0.869. The summed E-state index contributed by atoms with van der Waals surface area (Å²) in [6, 6.07) is 7.49. The Balaban J connectivity index is 1.80. The van der Waals surface area contributed by atoms with Crippen LogP contribution in [-0.4, -0.2) is 49.3 Å². The summed E-state index contributed by atoms with van der Waals surface area (Å²) in [4.78, 5) is 34.0. The number of nitrogens with one attached hydrogen (secondary N) is 1. The van der Waals surface area contributed by atoms with Crippen molar-refractivity contribution < 1.29 is 4.74 Å². The van der Waals surface area contributed by atoms with Crippen LogP contribution in [0.2, 0.25) is 5.02 Å². The summed E-state index contributed by atoms with van der Waals surface area (Å²) >= 11 is 6.01. The Bertz CT molecular complexity index is 1140. The molecule has 9 heteroatoms. The summed E-state index contributed by atoms with van der Waals surface area (Å²) in [7, 11) is 1.61. The van der Waals surface area contributed by atoms with Crippen LogP contribution in [0.4, 0.5) is 0 Å². The molecule has 0 bridgehead atoms. The highest BCUT2D eigenvalue weighted by Crippen LogP contribution is 2.19. The number of aromatic amines is 1. The van der Waals surface area contributed by atoms with Crippen molar-refractivity contribution >= 4 is 22.8 Å². The fraction of sp³-hybridized carbons (Fsp3) is 0.450. The van der Waals surface area contributed by atoms with E-state index in [0.717, 1.165) is 24.5 Å². The molecule has 1 aromatic carbocycles.